The summed E-state index contributed by atoms with van der Waals surface area (Å²) in [6.07, 6.45) is -0.390. The third-order valence-corrected chi connectivity index (χ3v) is 3.01. The fourth-order valence-corrected chi connectivity index (χ4v) is 1.83. The molecule has 0 bridgehead atoms. The van der Waals surface area contributed by atoms with E-state index in [9.17, 15) is 13.2 Å². The van der Waals surface area contributed by atoms with E-state index >= 15 is 0 Å². The van der Waals surface area contributed by atoms with Gasteiger partial charge >= 0.3 is 12.1 Å². The number of nitrogens with zero attached hydrogens (tertiary/aromatic N) is 5. The molecule has 0 fully saturated rings. The predicted molar refractivity (Wildman–Crippen MR) is 65.5 cm³/mol. The van der Waals surface area contributed by atoms with Gasteiger partial charge in [-0.05, 0) is 6.92 Å². The first kappa shape index (κ1) is 14.3. The Kier molecular flexibility index (Phi) is 3.23. The summed E-state index contributed by atoms with van der Waals surface area (Å²) in [5.74, 6) is -1.41. The van der Waals surface area contributed by atoms with Gasteiger partial charge < -0.3 is 8.94 Å². The highest BCUT2D eigenvalue weighted by Gasteiger charge is 2.37. The zero-order chi connectivity index (χ0) is 15.9. The molecule has 116 valence electrons. The number of alkyl halides is 3. The molecule has 0 saturated heterocycles. The number of aryl methyl sites for hydroxylation is 1. The third-order valence-electron chi connectivity index (χ3n) is 3.01. The Morgan fingerprint density at radius 1 is 1.27 bits per heavy atom. The molecular weight excluding hydrogens is 303 g/mol. The maximum atomic E-state index is 12.4. The predicted octanol–water partition coefficient (Wildman–Crippen LogP) is 2.63. The van der Waals surface area contributed by atoms with Gasteiger partial charge in [0.1, 0.15) is 6.26 Å². The van der Waals surface area contributed by atoms with E-state index < -0.39 is 12.1 Å². The average molecular weight is 313 g/mol. The van der Waals surface area contributed by atoms with Crippen molar-refractivity contribution >= 4 is 0 Å². The van der Waals surface area contributed by atoms with Crippen LogP contribution < -0.4 is 0 Å². The smallest absolute Gasteiger partial charge is 0.441 e. The van der Waals surface area contributed by atoms with Crippen LogP contribution in [0.25, 0.3) is 11.5 Å². The number of hydrogen-bond acceptors (Lipinski definition) is 6. The summed E-state index contributed by atoms with van der Waals surface area (Å²) in [6, 6.07) is 0. The van der Waals surface area contributed by atoms with E-state index in [1.807, 2.05) is 6.92 Å². The molecular formula is C12H10F3N5O2. The van der Waals surface area contributed by atoms with Crippen molar-refractivity contribution < 1.29 is 22.1 Å². The SMILES string of the molecule is CC(c1cnn(C)c1)c1nc(-c2coc(C(F)(F)F)n2)no1. The minimum absolute atomic E-state index is 0.0648. The standard InChI is InChI=1S/C12H10F3N5O2/c1-6(7-3-16-20(2)4-7)10-18-9(19-22-10)8-5-21-11(17-8)12(13,14)15/h3-6H,1-2H3. The van der Waals surface area contributed by atoms with Gasteiger partial charge in [-0.3, -0.25) is 4.68 Å². The van der Waals surface area contributed by atoms with Crippen molar-refractivity contribution in [3.63, 3.8) is 0 Å². The van der Waals surface area contributed by atoms with E-state index in [0.29, 0.717) is 0 Å². The van der Waals surface area contributed by atoms with Crippen molar-refractivity contribution in [3.8, 4) is 11.5 Å². The molecule has 3 aromatic rings. The number of aromatic nitrogens is 5. The van der Waals surface area contributed by atoms with Crippen molar-refractivity contribution in [1.29, 1.82) is 0 Å². The van der Waals surface area contributed by atoms with Crippen LogP contribution in [-0.2, 0) is 13.2 Å². The molecule has 0 aliphatic rings. The summed E-state index contributed by atoms with van der Waals surface area (Å²) < 4.78 is 48.4. The van der Waals surface area contributed by atoms with Crippen molar-refractivity contribution in [2.24, 2.45) is 7.05 Å². The second-order valence-electron chi connectivity index (χ2n) is 4.66. The van der Waals surface area contributed by atoms with Gasteiger partial charge in [0, 0.05) is 18.8 Å². The van der Waals surface area contributed by atoms with Crippen LogP contribution in [0.15, 0.2) is 27.6 Å². The van der Waals surface area contributed by atoms with Crippen LogP contribution in [-0.4, -0.2) is 24.9 Å². The third kappa shape index (κ3) is 2.59. The minimum Gasteiger partial charge on any atom is -0.441 e. The molecule has 10 heteroatoms. The summed E-state index contributed by atoms with van der Waals surface area (Å²) in [7, 11) is 1.77. The Morgan fingerprint density at radius 2 is 2.05 bits per heavy atom. The molecule has 0 aliphatic carbocycles. The lowest BCUT2D eigenvalue weighted by Crippen LogP contribution is -2.04. The van der Waals surface area contributed by atoms with Gasteiger partial charge in [0.2, 0.25) is 11.7 Å². The quantitative estimate of drug-likeness (QED) is 0.739. The lowest BCUT2D eigenvalue weighted by Gasteiger charge is -2.00. The molecule has 3 aromatic heterocycles. The Balaban J connectivity index is 1.86. The van der Waals surface area contributed by atoms with E-state index in [2.05, 4.69) is 24.6 Å². The van der Waals surface area contributed by atoms with Crippen molar-refractivity contribution in [2.45, 2.75) is 19.0 Å². The lowest BCUT2D eigenvalue weighted by atomic mass is 10.1. The van der Waals surface area contributed by atoms with Gasteiger partial charge in [-0.15, -0.1) is 0 Å². The molecule has 3 rings (SSSR count). The van der Waals surface area contributed by atoms with E-state index in [1.54, 1.807) is 24.1 Å². The summed E-state index contributed by atoms with van der Waals surface area (Å²) >= 11 is 0. The lowest BCUT2D eigenvalue weighted by molar-refractivity contribution is -0.157. The maximum absolute atomic E-state index is 12.4. The zero-order valence-electron chi connectivity index (χ0n) is 11.5. The molecule has 0 spiro atoms. The van der Waals surface area contributed by atoms with Gasteiger partial charge in [0.05, 0.1) is 12.1 Å². The summed E-state index contributed by atoms with van der Waals surface area (Å²) in [5, 5.41) is 7.67. The molecule has 1 unspecified atom stereocenters. The molecule has 0 radical (unpaired) electrons. The number of halogens is 3. The summed E-state index contributed by atoms with van der Waals surface area (Å²) in [6.45, 7) is 1.82. The molecule has 0 saturated carbocycles. The van der Waals surface area contributed by atoms with Crippen LogP contribution in [0.4, 0.5) is 13.2 Å². The highest BCUT2D eigenvalue weighted by atomic mass is 19.4. The van der Waals surface area contributed by atoms with Crippen LogP contribution in [0.1, 0.15) is 30.2 Å². The van der Waals surface area contributed by atoms with Gasteiger partial charge in [0.25, 0.3) is 0 Å². The highest BCUT2D eigenvalue weighted by molar-refractivity contribution is 5.46. The van der Waals surface area contributed by atoms with Crippen molar-refractivity contribution in [2.75, 3.05) is 0 Å². The number of oxazole rings is 1. The van der Waals surface area contributed by atoms with E-state index in [-0.39, 0.29) is 23.3 Å². The first-order valence-corrected chi connectivity index (χ1v) is 6.20. The first-order chi connectivity index (χ1) is 10.3. The molecule has 7 nitrogen and oxygen atoms in total. The fourth-order valence-electron chi connectivity index (χ4n) is 1.83. The van der Waals surface area contributed by atoms with Crippen molar-refractivity contribution in [1.82, 2.24) is 24.9 Å². The monoisotopic (exact) mass is 313 g/mol. The normalized spacial score (nSPS) is 13.5. The topological polar surface area (TPSA) is 82.8 Å². The Labute approximate surface area is 121 Å². The summed E-state index contributed by atoms with van der Waals surface area (Å²) in [5.41, 5.74) is 0.703. The van der Waals surface area contributed by atoms with Gasteiger partial charge in [-0.2, -0.15) is 23.3 Å². The van der Waals surface area contributed by atoms with Crippen LogP contribution in [0.2, 0.25) is 0 Å². The largest absolute Gasteiger partial charge is 0.468 e. The van der Waals surface area contributed by atoms with E-state index in [0.717, 1.165) is 11.8 Å². The Bertz CT molecular complexity index is 789. The van der Waals surface area contributed by atoms with E-state index in [4.69, 9.17) is 4.52 Å². The van der Waals surface area contributed by atoms with Gasteiger partial charge in [0.15, 0.2) is 5.69 Å². The molecule has 3 heterocycles. The number of rotatable bonds is 3. The second kappa shape index (κ2) is 4.97. The van der Waals surface area contributed by atoms with Crippen LogP contribution >= 0.6 is 0 Å². The molecule has 0 aliphatic heterocycles. The first-order valence-electron chi connectivity index (χ1n) is 6.20. The fraction of sp³-hybridized carbons (Fsp3) is 0.333. The second-order valence-corrected chi connectivity index (χ2v) is 4.66. The highest BCUT2D eigenvalue weighted by Crippen LogP contribution is 2.30. The van der Waals surface area contributed by atoms with E-state index in [1.165, 1.54) is 0 Å². The molecule has 0 N–H and O–H groups in total. The van der Waals surface area contributed by atoms with Crippen LogP contribution in [0, 0.1) is 0 Å². The van der Waals surface area contributed by atoms with Gasteiger partial charge in [-0.1, -0.05) is 5.16 Å². The number of hydrogen-bond donors (Lipinski definition) is 0. The van der Waals surface area contributed by atoms with Crippen LogP contribution in [0.3, 0.4) is 0 Å². The van der Waals surface area contributed by atoms with Crippen molar-refractivity contribution in [3.05, 3.63) is 36.0 Å². The summed E-state index contributed by atoms with van der Waals surface area (Å²) in [4.78, 5) is 7.36. The Morgan fingerprint density at radius 3 is 2.64 bits per heavy atom. The van der Waals surface area contributed by atoms with Crippen LogP contribution in [0.5, 0.6) is 0 Å². The Hall–Kier alpha value is -2.65. The maximum Gasteiger partial charge on any atom is 0.468 e. The van der Waals surface area contributed by atoms with Gasteiger partial charge in [-0.25, -0.2) is 4.98 Å². The molecule has 1 atom stereocenters. The average Bonchev–Trinajstić information content (AvgIpc) is 3.16. The molecule has 0 aromatic carbocycles. The molecule has 22 heavy (non-hydrogen) atoms. The molecule has 0 amide bonds. The minimum atomic E-state index is -4.66. The zero-order valence-corrected chi connectivity index (χ0v) is 11.5.